The van der Waals surface area contributed by atoms with Crippen molar-refractivity contribution in [2.45, 2.75) is 39.7 Å². The van der Waals surface area contributed by atoms with Gasteiger partial charge in [-0.2, -0.15) is 0 Å². The smallest absolute Gasteiger partial charge is 0.242 e. The number of aryl methyl sites for hydroxylation is 1. The summed E-state index contributed by atoms with van der Waals surface area (Å²) in [6.07, 6.45) is 2.33. The molecule has 2 heterocycles. The van der Waals surface area contributed by atoms with Gasteiger partial charge in [-0.25, -0.2) is 0 Å². The number of anilines is 1. The Labute approximate surface area is 108 Å². The van der Waals surface area contributed by atoms with Crippen molar-refractivity contribution in [3.8, 4) is 0 Å². The molecule has 1 aromatic heterocycles. The Morgan fingerprint density at radius 1 is 1.56 bits per heavy atom. The monoisotopic (exact) mass is 251 g/mol. The molecule has 1 aliphatic rings. The molecule has 5 heteroatoms. The lowest BCUT2D eigenvalue weighted by Gasteiger charge is -2.33. The highest BCUT2D eigenvalue weighted by atomic mass is 16.5. The maximum Gasteiger partial charge on any atom is 0.242 e. The van der Waals surface area contributed by atoms with Gasteiger partial charge >= 0.3 is 0 Å². The first kappa shape index (κ1) is 13.1. The molecule has 1 aromatic rings. The molecule has 0 aromatic carbocycles. The van der Waals surface area contributed by atoms with Crippen LogP contribution in [0.2, 0.25) is 0 Å². The van der Waals surface area contributed by atoms with Gasteiger partial charge in [0, 0.05) is 6.07 Å². The molecule has 1 amide bonds. The highest BCUT2D eigenvalue weighted by Crippen LogP contribution is 2.18. The Bertz CT molecular complexity index is 408. The zero-order valence-electron chi connectivity index (χ0n) is 11.3. The van der Waals surface area contributed by atoms with Gasteiger partial charge in [0.05, 0.1) is 6.04 Å². The zero-order chi connectivity index (χ0) is 13.1. The first-order valence-corrected chi connectivity index (χ1v) is 6.54. The average molecular weight is 251 g/mol. The van der Waals surface area contributed by atoms with Crippen molar-refractivity contribution in [1.29, 1.82) is 0 Å². The van der Waals surface area contributed by atoms with Crippen molar-refractivity contribution in [1.82, 2.24) is 10.1 Å². The molecule has 0 unspecified atom stereocenters. The second-order valence-corrected chi connectivity index (χ2v) is 5.21. The van der Waals surface area contributed by atoms with Gasteiger partial charge in [-0.3, -0.25) is 9.69 Å². The van der Waals surface area contributed by atoms with E-state index in [1.54, 1.807) is 13.0 Å². The summed E-state index contributed by atoms with van der Waals surface area (Å²) in [5.74, 6) is 1.95. The molecule has 1 fully saturated rings. The molecule has 2 rings (SSSR count). The molecule has 100 valence electrons. The van der Waals surface area contributed by atoms with E-state index in [0.717, 1.165) is 19.0 Å². The van der Waals surface area contributed by atoms with Gasteiger partial charge in [-0.15, -0.1) is 0 Å². The van der Waals surface area contributed by atoms with E-state index in [4.69, 9.17) is 4.52 Å². The van der Waals surface area contributed by atoms with Gasteiger partial charge in [0.25, 0.3) is 0 Å². The molecule has 1 N–H and O–H groups in total. The number of aromatic nitrogens is 1. The molecule has 0 aliphatic carbocycles. The third-order valence-electron chi connectivity index (χ3n) is 3.62. The summed E-state index contributed by atoms with van der Waals surface area (Å²) in [4.78, 5) is 14.3. The molecule has 1 saturated heterocycles. The summed E-state index contributed by atoms with van der Waals surface area (Å²) in [5, 5.41) is 6.56. The van der Waals surface area contributed by atoms with Crippen molar-refractivity contribution in [3.63, 3.8) is 0 Å². The zero-order valence-corrected chi connectivity index (χ0v) is 11.3. The minimum Gasteiger partial charge on any atom is -0.360 e. The second kappa shape index (κ2) is 5.52. The van der Waals surface area contributed by atoms with Gasteiger partial charge in [0.15, 0.2) is 5.82 Å². The molecular weight excluding hydrogens is 230 g/mol. The summed E-state index contributed by atoms with van der Waals surface area (Å²) in [5.41, 5.74) is 0. The van der Waals surface area contributed by atoms with E-state index in [9.17, 15) is 4.79 Å². The van der Waals surface area contributed by atoms with Gasteiger partial charge in [0.2, 0.25) is 5.91 Å². The summed E-state index contributed by atoms with van der Waals surface area (Å²) in [7, 11) is 0. The SMILES string of the molecule is Cc1cc(NC(=O)[C@H](C)N2CCC(C)CC2)no1. The highest BCUT2D eigenvalue weighted by molar-refractivity contribution is 5.93. The number of amides is 1. The maximum atomic E-state index is 12.1. The molecule has 0 spiro atoms. The van der Waals surface area contributed by atoms with E-state index < -0.39 is 0 Å². The van der Waals surface area contributed by atoms with Crippen LogP contribution < -0.4 is 5.32 Å². The largest absolute Gasteiger partial charge is 0.360 e. The summed E-state index contributed by atoms with van der Waals surface area (Å²) < 4.78 is 4.93. The van der Waals surface area contributed by atoms with Crippen LogP contribution in [0.3, 0.4) is 0 Å². The van der Waals surface area contributed by atoms with Gasteiger partial charge < -0.3 is 9.84 Å². The summed E-state index contributed by atoms with van der Waals surface area (Å²) >= 11 is 0. The van der Waals surface area contributed by atoms with E-state index in [1.807, 2.05) is 6.92 Å². The van der Waals surface area contributed by atoms with Gasteiger partial charge in [-0.05, 0) is 45.7 Å². The Morgan fingerprint density at radius 3 is 2.78 bits per heavy atom. The van der Waals surface area contributed by atoms with Crippen LogP contribution in [0.4, 0.5) is 5.82 Å². The minimum atomic E-state index is -0.116. The van der Waals surface area contributed by atoms with Crippen molar-refractivity contribution >= 4 is 11.7 Å². The lowest BCUT2D eigenvalue weighted by molar-refractivity contribution is -0.121. The Hall–Kier alpha value is -1.36. The molecule has 5 nitrogen and oxygen atoms in total. The normalized spacial score (nSPS) is 19.7. The van der Waals surface area contributed by atoms with Crippen LogP contribution >= 0.6 is 0 Å². The van der Waals surface area contributed by atoms with Crippen LogP contribution in [0.5, 0.6) is 0 Å². The van der Waals surface area contributed by atoms with Crippen LogP contribution in [0.25, 0.3) is 0 Å². The summed E-state index contributed by atoms with van der Waals surface area (Å²) in [6, 6.07) is 1.61. The number of rotatable bonds is 3. The molecular formula is C13H21N3O2. The first-order valence-electron chi connectivity index (χ1n) is 6.54. The standard InChI is InChI=1S/C13H21N3O2/c1-9-4-6-16(7-5-9)11(3)13(17)14-12-8-10(2)18-15-12/h8-9,11H,4-7H2,1-3H3,(H,14,15,17)/t11-/m0/s1. The van der Waals surface area contributed by atoms with Crippen LogP contribution in [0, 0.1) is 12.8 Å². The summed E-state index contributed by atoms with van der Waals surface area (Å²) in [6.45, 7) is 8.00. The lowest BCUT2D eigenvalue weighted by atomic mass is 9.98. The van der Waals surface area contributed by atoms with E-state index in [-0.39, 0.29) is 11.9 Å². The molecule has 1 aliphatic heterocycles. The fraction of sp³-hybridized carbons (Fsp3) is 0.692. The van der Waals surface area contributed by atoms with E-state index >= 15 is 0 Å². The molecule has 0 saturated carbocycles. The lowest BCUT2D eigenvalue weighted by Crippen LogP contribution is -2.45. The van der Waals surface area contributed by atoms with Crippen molar-refractivity contribution in [2.24, 2.45) is 5.92 Å². The molecule has 1 atom stereocenters. The number of carbonyl (C=O) groups excluding carboxylic acids is 1. The number of hydrogen-bond acceptors (Lipinski definition) is 4. The topological polar surface area (TPSA) is 58.4 Å². The van der Waals surface area contributed by atoms with Crippen LogP contribution in [0.15, 0.2) is 10.6 Å². The van der Waals surface area contributed by atoms with E-state index in [2.05, 4.69) is 22.3 Å². The Morgan fingerprint density at radius 2 is 2.22 bits per heavy atom. The number of nitrogens with zero attached hydrogens (tertiary/aromatic N) is 2. The van der Waals surface area contributed by atoms with E-state index in [0.29, 0.717) is 11.6 Å². The van der Waals surface area contributed by atoms with Crippen molar-refractivity contribution in [3.05, 3.63) is 11.8 Å². The third-order valence-corrected chi connectivity index (χ3v) is 3.62. The molecule has 0 bridgehead atoms. The Kier molecular flexibility index (Phi) is 4.01. The number of nitrogens with one attached hydrogen (secondary N) is 1. The number of carbonyl (C=O) groups is 1. The Balaban J connectivity index is 1.88. The fourth-order valence-electron chi connectivity index (χ4n) is 2.24. The van der Waals surface area contributed by atoms with E-state index in [1.165, 1.54) is 12.8 Å². The quantitative estimate of drug-likeness (QED) is 0.893. The van der Waals surface area contributed by atoms with Gasteiger partial charge in [-0.1, -0.05) is 12.1 Å². The van der Waals surface area contributed by atoms with Crippen LogP contribution in [-0.2, 0) is 4.79 Å². The van der Waals surface area contributed by atoms with Gasteiger partial charge in [0.1, 0.15) is 5.76 Å². The number of hydrogen-bond donors (Lipinski definition) is 1. The predicted octanol–water partition coefficient (Wildman–Crippen LogP) is 2.04. The maximum absolute atomic E-state index is 12.1. The van der Waals surface area contributed by atoms with Crippen LogP contribution in [-0.4, -0.2) is 35.1 Å². The van der Waals surface area contributed by atoms with Crippen molar-refractivity contribution < 1.29 is 9.32 Å². The van der Waals surface area contributed by atoms with Crippen molar-refractivity contribution in [2.75, 3.05) is 18.4 Å². The first-order chi connectivity index (χ1) is 8.56. The second-order valence-electron chi connectivity index (χ2n) is 5.21. The number of likely N-dealkylation sites (tertiary alicyclic amines) is 1. The molecule has 18 heavy (non-hydrogen) atoms. The average Bonchev–Trinajstić information content (AvgIpc) is 2.75. The van der Waals surface area contributed by atoms with Crippen LogP contribution in [0.1, 0.15) is 32.4 Å². The number of piperidine rings is 1. The fourth-order valence-corrected chi connectivity index (χ4v) is 2.24. The molecule has 0 radical (unpaired) electrons. The predicted molar refractivity (Wildman–Crippen MR) is 69.3 cm³/mol. The highest BCUT2D eigenvalue weighted by Gasteiger charge is 2.25. The third kappa shape index (κ3) is 3.10. The minimum absolute atomic E-state index is 0.0159.